The van der Waals surface area contributed by atoms with Crippen molar-refractivity contribution in [2.75, 3.05) is 6.54 Å². The fourth-order valence-electron chi connectivity index (χ4n) is 1.65. The molecule has 0 aromatic heterocycles. The van der Waals surface area contributed by atoms with E-state index in [0.717, 1.165) is 4.90 Å². The second-order valence-corrected chi connectivity index (χ2v) is 3.41. The van der Waals surface area contributed by atoms with Crippen molar-refractivity contribution in [2.45, 2.75) is 19.1 Å². The molecule has 3 unspecified atom stereocenters. The Bertz CT molecular complexity index is 312. The average Bonchev–Trinajstić information content (AvgIpc) is 2.07. The first kappa shape index (κ1) is 11.4. The molecule has 0 aliphatic carbocycles. The van der Waals surface area contributed by atoms with Gasteiger partial charge in [0.2, 0.25) is 5.91 Å². The number of aliphatic carboxylic acids is 2. The zero-order valence-corrected chi connectivity index (χ0v) is 7.95. The van der Waals surface area contributed by atoms with Crippen LogP contribution in [-0.2, 0) is 14.4 Å². The number of rotatable bonds is 4. The molecule has 1 heterocycles. The number of carbonyl (C=O) groups excluding carboxylic acids is 1. The van der Waals surface area contributed by atoms with Crippen LogP contribution in [-0.4, -0.2) is 56.8 Å². The Morgan fingerprint density at radius 2 is 2.00 bits per heavy atom. The maximum Gasteiger partial charge on any atom is 0.327 e. The first-order chi connectivity index (χ1) is 6.86. The smallest absolute Gasteiger partial charge is 0.327 e. The zero-order valence-electron chi connectivity index (χ0n) is 7.95. The van der Waals surface area contributed by atoms with E-state index < -0.39 is 42.5 Å². The van der Waals surface area contributed by atoms with E-state index in [1.54, 1.807) is 0 Å². The van der Waals surface area contributed by atoms with Crippen molar-refractivity contribution in [3.05, 3.63) is 0 Å². The molecular weight excluding hydrogens is 206 g/mol. The molecule has 1 aliphatic rings. The Morgan fingerprint density at radius 3 is 2.33 bits per heavy atom. The third-order valence-electron chi connectivity index (χ3n) is 2.32. The van der Waals surface area contributed by atoms with Gasteiger partial charge in [-0.3, -0.25) is 9.59 Å². The summed E-state index contributed by atoms with van der Waals surface area (Å²) in [6, 6.07) is -1.24. The van der Waals surface area contributed by atoms with Crippen LogP contribution in [0.3, 0.4) is 0 Å². The number of carbonyl (C=O) groups is 3. The number of nitrogens with zero attached hydrogens (tertiary/aromatic N) is 1. The summed E-state index contributed by atoms with van der Waals surface area (Å²) in [5, 5.41) is 26.4. The van der Waals surface area contributed by atoms with E-state index in [9.17, 15) is 14.4 Å². The Balaban J connectivity index is 2.79. The molecule has 0 aromatic carbocycles. The van der Waals surface area contributed by atoms with E-state index in [0.29, 0.717) is 0 Å². The van der Waals surface area contributed by atoms with Crippen LogP contribution < -0.4 is 0 Å². The van der Waals surface area contributed by atoms with Gasteiger partial charge in [0.25, 0.3) is 0 Å². The first-order valence-corrected chi connectivity index (χ1v) is 4.29. The Kier molecular flexibility index (Phi) is 2.94. The van der Waals surface area contributed by atoms with Crippen LogP contribution in [0.4, 0.5) is 0 Å². The largest absolute Gasteiger partial charge is 0.480 e. The molecule has 7 nitrogen and oxygen atoms in total. The van der Waals surface area contributed by atoms with Gasteiger partial charge in [0.05, 0.1) is 12.0 Å². The summed E-state index contributed by atoms with van der Waals surface area (Å²) in [6.07, 6.45) is -1.09. The van der Waals surface area contributed by atoms with Gasteiger partial charge in [-0.2, -0.15) is 0 Å². The number of carboxylic acids is 2. The Morgan fingerprint density at radius 1 is 1.47 bits per heavy atom. The molecule has 15 heavy (non-hydrogen) atoms. The zero-order chi connectivity index (χ0) is 11.7. The average molecular weight is 217 g/mol. The quantitative estimate of drug-likeness (QED) is 0.486. The van der Waals surface area contributed by atoms with E-state index >= 15 is 0 Å². The maximum absolute atomic E-state index is 11.3. The molecule has 3 atom stereocenters. The number of aliphatic hydroxyl groups excluding tert-OH is 1. The summed E-state index contributed by atoms with van der Waals surface area (Å²) in [5.74, 6) is -4.26. The van der Waals surface area contributed by atoms with Crippen LogP contribution >= 0.6 is 0 Å². The predicted molar refractivity (Wildman–Crippen MR) is 45.9 cm³/mol. The van der Waals surface area contributed by atoms with Crippen LogP contribution in [0.2, 0.25) is 0 Å². The van der Waals surface area contributed by atoms with Crippen molar-refractivity contribution in [3.63, 3.8) is 0 Å². The minimum atomic E-state index is -1.30. The van der Waals surface area contributed by atoms with Crippen molar-refractivity contribution in [2.24, 2.45) is 5.92 Å². The number of β-lactam (4-membered cyclic amide) rings is 1. The highest BCUT2D eigenvalue weighted by molar-refractivity contribution is 5.98. The van der Waals surface area contributed by atoms with Crippen molar-refractivity contribution in [1.29, 1.82) is 0 Å². The van der Waals surface area contributed by atoms with E-state index in [4.69, 9.17) is 15.3 Å². The monoisotopic (exact) mass is 217 g/mol. The number of aliphatic hydroxyl groups is 1. The van der Waals surface area contributed by atoms with E-state index in [-0.39, 0.29) is 0 Å². The summed E-state index contributed by atoms with van der Waals surface area (Å²) in [4.78, 5) is 33.1. The highest BCUT2D eigenvalue weighted by atomic mass is 16.4. The van der Waals surface area contributed by atoms with Crippen LogP contribution in [0.5, 0.6) is 0 Å². The van der Waals surface area contributed by atoms with Crippen LogP contribution in [0, 0.1) is 5.92 Å². The molecule has 1 fully saturated rings. The lowest BCUT2D eigenvalue weighted by Gasteiger charge is -2.44. The predicted octanol–water partition coefficient (Wildman–Crippen LogP) is -1.64. The standard InChI is InChI=1S/C8H11NO6/c1-3(10)5-6(8(14)15)9(7(5)13)2-4(11)12/h3,5-6,10H,2H2,1H3,(H,11,12)(H,14,15). The van der Waals surface area contributed by atoms with Gasteiger partial charge in [0, 0.05) is 0 Å². The molecule has 84 valence electrons. The second-order valence-electron chi connectivity index (χ2n) is 3.41. The van der Waals surface area contributed by atoms with E-state index in [1.807, 2.05) is 0 Å². The third kappa shape index (κ3) is 1.91. The molecule has 1 aliphatic heterocycles. The van der Waals surface area contributed by atoms with Crippen molar-refractivity contribution in [1.82, 2.24) is 4.90 Å². The first-order valence-electron chi connectivity index (χ1n) is 4.29. The SMILES string of the molecule is CC(O)C1C(=O)N(CC(=O)O)C1C(=O)O. The molecular formula is C8H11NO6. The van der Waals surface area contributed by atoms with Gasteiger partial charge in [-0.05, 0) is 6.92 Å². The third-order valence-corrected chi connectivity index (χ3v) is 2.32. The van der Waals surface area contributed by atoms with Gasteiger partial charge < -0.3 is 20.2 Å². The highest BCUT2D eigenvalue weighted by Crippen LogP contribution is 2.29. The second kappa shape index (κ2) is 3.85. The number of hydrogen-bond donors (Lipinski definition) is 3. The summed E-state index contributed by atoms with van der Waals surface area (Å²) >= 11 is 0. The van der Waals surface area contributed by atoms with E-state index in [2.05, 4.69) is 0 Å². The molecule has 1 rings (SSSR count). The molecule has 0 radical (unpaired) electrons. The lowest BCUT2D eigenvalue weighted by molar-refractivity contribution is -0.180. The van der Waals surface area contributed by atoms with Crippen LogP contribution in [0.1, 0.15) is 6.92 Å². The summed E-state index contributed by atoms with van der Waals surface area (Å²) in [6.45, 7) is 0.648. The molecule has 0 saturated carbocycles. The maximum atomic E-state index is 11.3. The lowest BCUT2D eigenvalue weighted by atomic mass is 9.83. The summed E-state index contributed by atoms with van der Waals surface area (Å²) in [5.41, 5.74) is 0. The Labute approximate surface area is 84.9 Å². The minimum Gasteiger partial charge on any atom is -0.480 e. The summed E-state index contributed by atoms with van der Waals surface area (Å²) in [7, 11) is 0. The van der Waals surface area contributed by atoms with Crippen LogP contribution in [0.25, 0.3) is 0 Å². The van der Waals surface area contributed by atoms with E-state index in [1.165, 1.54) is 6.92 Å². The number of hydrogen-bond acceptors (Lipinski definition) is 4. The van der Waals surface area contributed by atoms with Crippen molar-refractivity contribution in [3.8, 4) is 0 Å². The van der Waals surface area contributed by atoms with Crippen LogP contribution in [0.15, 0.2) is 0 Å². The van der Waals surface area contributed by atoms with Gasteiger partial charge in [-0.1, -0.05) is 0 Å². The van der Waals surface area contributed by atoms with Gasteiger partial charge in [0.1, 0.15) is 12.6 Å². The van der Waals surface area contributed by atoms with Gasteiger partial charge in [-0.25, -0.2) is 4.79 Å². The number of likely N-dealkylation sites (tertiary alicyclic amines) is 1. The molecule has 0 spiro atoms. The Hall–Kier alpha value is -1.63. The van der Waals surface area contributed by atoms with Gasteiger partial charge in [-0.15, -0.1) is 0 Å². The summed E-state index contributed by atoms with van der Waals surface area (Å²) < 4.78 is 0. The van der Waals surface area contributed by atoms with Crippen molar-refractivity contribution >= 4 is 17.8 Å². The minimum absolute atomic E-state index is 0.639. The normalized spacial score (nSPS) is 27.1. The number of amides is 1. The molecule has 3 N–H and O–H groups in total. The lowest BCUT2D eigenvalue weighted by Crippen LogP contribution is -2.68. The fraction of sp³-hybridized carbons (Fsp3) is 0.625. The van der Waals surface area contributed by atoms with Gasteiger partial charge >= 0.3 is 11.9 Å². The van der Waals surface area contributed by atoms with Gasteiger partial charge in [0.15, 0.2) is 0 Å². The van der Waals surface area contributed by atoms with Crippen molar-refractivity contribution < 1.29 is 29.7 Å². The molecule has 7 heteroatoms. The number of carboxylic acid groups (broad SMARTS) is 2. The molecule has 1 saturated heterocycles. The topological polar surface area (TPSA) is 115 Å². The molecule has 0 bridgehead atoms. The molecule has 0 aromatic rings. The fourth-order valence-corrected chi connectivity index (χ4v) is 1.65. The molecule has 1 amide bonds. The highest BCUT2D eigenvalue weighted by Gasteiger charge is 2.54.